The molecule has 1 heterocycles. The minimum Gasteiger partial charge on any atom is -0.440 e. The second kappa shape index (κ2) is 5.38. The van der Waals surface area contributed by atoms with E-state index in [2.05, 4.69) is 4.98 Å². The summed E-state index contributed by atoms with van der Waals surface area (Å²) < 4.78 is 5.08. The molecule has 14 heavy (non-hydrogen) atoms. The first-order valence-electron chi connectivity index (χ1n) is 4.57. The van der Waals surface area contributed by atoms with E-state index in [9.17, 15) is 5.11 Å². The molecule has 3 N–H and O–H groups in total. The van der Waals surface area contributed by atoms with Gasteiger partial charge in [0.05, 0.1) is 18.1 Å². The van der Waals surface area contributed by atoms with Gasteiger partial charge < -0.3 is 15.3 Å². The molecule has 0 bridgehead atoms. The summed E-state index contributed by atoms with van der Waals surface area (Å²) in [5.41, 5.74) is 5.94. The molecule has 0 aromatic carbocycles. The molecule has 5 heteroatoms. The fourth-order valence-corrected chi connectivity index (χ4v) is 2.10. The first-order chi connectivity index (χ1) is 6.65. The number of hydrogen-bond donors (Lipinski definition) is 2. The zero-order chi connectivity index (χ0) is 10.6. The standard InChI is InChI=1S/C9H16N2O2S/c1-6(2)8(10)7(5-12)14-9-11-3-4-13-9/h3-4,6-8,12H,5,10H2,1-2H3. The first kappa shape index (κ1) is 11.6. The summed E-state index contributed by atoms with van der Waals surface area (Å²) in [5.74, 6) is 0.328. The highest BCUT2D eigenvalue weighted by molar-refractivity contribution is 7.99. The molecule has 1 aromatic rings. The molecule has 0 aliphatic rings. The van der Waals surface area contributed by atoms with Crippen LogP contribution < -0.4 is 5.73 Å². The lowest BCUT2D eigenvalue weighted by molar-refractivity contribution is 0.268. The van der Waals surface area contributed by atoms with E-state index in [1.54, 1.807) is 6.20 Å². The van der Waals surface area contributed by atoms with Crippen LogP contribution in [0.3, 0.4) is 0 Å². The van der Waals surface area contributed by atoms with E-state index in [0.29, 0.717) is 11.1 Å². The molecule has 0 fully saturated rings. The van der Waals surface area contributed by atoms with Crippen LogP contribution in [0.4, 0.5) is 0 Å². The highest BCUT2D eigenvalue weighted by Crippen LogP contribution is 2.25. The second-order valence-corrected chi connectivity index (χ2v) is 4.65. The normalized spacial score (nSPS) is 15.8. The summed E-state index contributed by atoms with van der Waals surface area (Å²) in [7, 11) is 0. The topological polar surface area (TPSA) is 72.3 Å². The third kappa shape index (κ3) is 3.01. The molecular formula is C9H16N2O2S. The van der Waals surface area contributed by atoms with Crippen LogP contribution in [-0.4, -0.2) is 28.0 Å². The van der Waals surface area contributed by atoms with Gasteiger partial charge in [-0.15, -0.1) is 0 Å². The van der Waals surface area contributed by atoms with Gasteiger partial charge in [0.2, 0.25) is 0 Å². The third-order valence-corrected chi connectivity index (χ3v) is 3.21. The van der Waals surface area contributed by atoms with Gasteiger partial charge in [0, 0.05) is 6.04 Å². The third-order valence-electron chi connectivity index (χ3n) is 2.04. The molecule has 1 aromatic heterocycles. The predicted molar refractivity (Wildman–Crippen MR) is 56.0 cm³/mol. The number of nitrogens with two attached hydrogens (primary N) is 1. The van der Waals surface area contributed by atoms with Crippen molar-refractivity contribution in [3.63, 3.8) is 0 Å². The molecule has 2 atom stereocenters. The Morgan fingerprint density at radius 1 is 1.64 bits per heavy atom. The first-order valence-corrected chi connectivity index (χ1v) is 5.45. The van der Waals surface area contributed by atoms with Gasteiger partial charge in [-0.25, -0.2) is 4.98 Å². The number of oxazole rings is 1. The van der Waals surface area contributed by atoms with E-state index in [1.807, 2.05) is 13.8 Å². The minimum absolute atomic E-state index is 0.0341. The van der Waals surface area contributed by atoms with Crippen LogP contribution in [0.1, 0.15) is 13.8 Å². The van der Waals surface area contributed by atoms with E-state index in [-0.39, 0.29) is 17.9 Å². The van der Waals surface area contributed by atoms with E-state index >= 15 is 0 Å². The Morgan fingerprint density at radius 3 is 2.79 bits per heavy atom. The molecule has 0 spiro atoms. The van der Waals surface area contributed by atoms with Crippen molar-refractivity contribution in [2.24, 2.45) is 11.7 Å². The van der Waals surface area contributed by atoms with Gasteiger partial charge in [-0.05, 0) is 5.92 Å². The largest absolute Gasteiger partial charge is 0.440 e. The van der Waals surface area contributed by atoms with Crippen molar-refractivity contribution in [1.29, 1.82) is 0 Å². The van der Waals surface area contributed by atoms with Crippen LogP contribution in [0.15, 0.2) is 22.1 Å². The van der Waals surface area contributed by atoms with Crippen LogP contribution in [0.25, 0.3) is 0 Å². The van der Waals surface area contributed by atoms with E-state index < -0.39 is 0 Å². The molecule has 2 unspecified atom stereocenters. The van der Waals surface area contributed by atoms with E-state index in [1.165, 1.54) is 18.0 Å². The van der Waals surface area contributed by atoms with Crippen molar-refractivity contribution in [2.75, 3.05) is 6.61 Å². The number of aliphatic hydroxyl groups is 1. The molecule has 80 valence electrons. The van der Waals surface area contributed by atoms with Gasteiger partial charge in [0.1, 0.15) is 6.26 Å². The Bertz CT molecular complexity index is 251. The molecule has 4 nitrogen and oxygen atoms in total. The van der Waals surface area contributed by atoms with Crippen LogP contribution in [0.5, 0.6) is 0 Å². The Hall–Kier alpha value is -0.520. The maximum atomic E-state index is 9.17. The molecule has 0 saturated heterocycles. The number of thioether (sulfide) groups is 1. The van der Waals surface area contributed by atoms with E-state index in [4.69, 9.17) is 10.2 Å². The summed E-state index contributed by atoms with van der Waals surface area (Å²) in [5, 5.41) is 9.67. The Kier molecular flexibility index (Phi) is 4.44. The average Bonchev–Trinajstić information content (AvgIpc) is 2.65. The summed E-state index contributed by atoms with van der Waals surface area (Å²) in [6, 6.07) is -0.0584. The van der Waals surface area contributed by atoms with Crippen LogP contribution in [0, 0.1) is 5.92 Å². The SMILES string of the molecule is CC(C)C(N)C(CO)Sc1ncco1. The Labute approximate surface area is 87.9 Å². The van der Waals surface area contributed by atoms with Gasteiger partial charge in [0.25, 0.3) is 5.22 Å². The monoisotopic (exact) mass is 216 g/mol. The van der Waals surface area contributed by atoms with Crippen molar-refractivity contribution in [1.82, 2.24) is 4.98 Å². The lowest BCUT2D eigenvalue weighted by Crippen LogP contribution is -2.39. The number of aliphatic hydroxyl groups excluding tert-OH is 1. The lowest BCUT2D eigenvalue weighted by Gasteiger charge is -2.23. The van der Waals surface area contributed by atoms with Crippen LogP contribution in [0.2, 0.25) is 0 Å². The summed E-state index contributed by atoms with van der Waals surface area (Å²) in [4.78, 5) is 3.98. The fraction of sp³-hybridized carbons (Fsp3) is 0.667. The molecule has 0 radical (unpaired) electrons. The molecular weight excluding hydrogens is 200 g/mol. The second-order valence-electron chi connectivity index (χ2n) is 3.46. The smallest absolute Gasteiger partial charge is 0.255 e. The predicted octanol–water partition coefficient (Wildman–Crippen LogP) is 1.11. The van der Waals surface area contributed by atoms with Gasteiger partial charge in [-0.1, -0.05) is 25.6 Å². The highest BCUT2D eigenvalue weighted by atomic mass is 32.2. The average molecular weight is 216 g/mol. The zero-order valence-corrected chi connectivity index (χ0v) is 9.20. The number of aromatic nitrogens is 1. The number of nitrogens with zero attached hydrogens (tertiary/aromatic N) is 1. The maximum Gasteiger partial charge on any atom is 0.255 e. The number of rotatable bonds is 5. The highest BCUT2D eigenvalue weighted by Gasteiger charge is 2.22. The molecule has 0 saturated carbocycles. The van der Waals surface area contributed by atoms with Crippen molar-refractivity contribution < 1.29 is 9.52 Å². The fourth-order valence-electron chi connectivity index (χ4n) is 1.06. The summed E-state index contributed by atoms with van der Waals surface area (Å²) >= 11 is 1.38. The van der Waals surface area contributed by atoms with Crippen molar-refractivity contribution in [3.05, 3.63) is 12.5 Å². The summed E-state index contributed by atoms with van der Waals surface area (Å²) in [6.07, 6.45) is 3.09. The number of hydrogen-bond acceptors (Lipinski definition) is 5. The van der Waals surface area contributed by atoms with Gasteiger partial charge in [-0.3, -0.25) is 0 Å². The molecule has 0 amide bonds. The van der Waals surface area contributed by atoms with Crippen LogP contribution in [-0.2, 0) is 0 Å². The zero-order valence-electron chi connectivity index (χ0n) is 8.38. The molecule has 0 aliphatic carbocycles. The Balaban J connectivity index is 2.55. The Morgan fingerprint density at radius 2 is 2.36 bits per heavy atom. The molecule has 0 aliphatic heterocycles. The van der Waals surface area contributed by atoms with E-state index in [0.717, 1.165) is 0 Å². The lowest BCUT2D eigenvalue weighted by atomic mass is 10.0. The van der Waals surface area contributed by atoms with Gasteiger partial charge in [-0.2, -0.15) is 0 Å². The van der Waals surface area contributed by atoms with Gasteiger partial charge >= 0.3 is 0 Å². The van der Waals surface area contributed by atoms with Crippen molar-refractivity contribution in [3.8, 4) is 0 Å². The quantitative estimate of drug-likeness (QED) is 0.721. The van der Waals surface area contributed by atoms with Crippen molar-refractivity contribution >= 4 is 11.8 Å². The maximum absolute atomic E-state index is 9.17. The van der Waals surface area contributed by atoms with Crippen molar-refractivity contribution in [2.45, 2.75) is 30.4 Å². The van der Waals surface area contributed by atoms with Crippen LogP contribution >= 0.6 is 11.8 Å². The molecule has 1 rings (SSSR count). The minimum atomic E-state index is -0.0614. The van der Waals surface area contributed by atoms with Gasteiger partial charge in [0.15, 0.2) is 0 Å². The summed E-state index contributed by atoms with van der Waals surface area (Å²) in [6.45, 7) is 4.10.